The highest BCUT2D eigenvalue weighted by Gasteiger charge is 2.26. The molecule has 4 heteroatoms. The molecule has 0 bridgehead atoms. The van der Waals surface area contributed by atoms with E-state index in [0.29, 0.717) is 0 Å². The molecule has 0 atom stereocenters. The van der Waals surface area contributed by atoms with E-state index in [9.17, 15) is 0 Å². The minimum atomic E-state index is 0.761. The highest BCUT2D eigenvalue weighted by atomic mass is 15.2. The molecule has 0 aliphatic carbocycles. The molecular weight excluding hydrogens is 260 g/mol. The maximum atomic E-state index is 6.26. The number of H-pyrrole nitrogens is 1. The van der Waals surface area contributed by atoms with Gasteiger partial charge in [0.2, 0.25) is 5.84 Å². The zero-order chi connectivity index (χ0) is 14.2. The van der Waals surface area contributed by atoms with Gasteiger partial charge >= 0.3 is 0 Å². The van der Waals surface area contributed by atoms with Gasteiger partial charge in [0.15, 0.2) is 0 Å². The standard InChI is InChI=1S/C17H14N4/c18-17-14-9-5-4-8-13(14)11-21(17)16-10-15(19-20-16)12-6-2-1-3-7-12/h1-10,18H,11H2,(H,19,20)/p+1. The number of fused-ring (bicyclic) bond motifs is 1. The summed E-state index contributed by atoms with van der Waals surface area (Å²) in [6.45, 7) is 0.765. The smallest absolute Gasteiger partial charge is 0.288 e. The van der Waals surface area contributed by atoms with Gasteiger partial charge in [-0.1, -0.05) is 48.5 Å². The van der Waals surface area contributed by atoms with Crippen molar-refractivity contribution < 1.29 is 4.58 Å². The van der Waals surface area contributed by atoms with Gasteiger partial charge in [0.25, 0.3) is 5.82 Å². The van der Waals surface area contributed by atoms with Crippen molar-refractivity contribution in [3.05, 3.63) is 71.8 Å². The van der Waals surface area contributed by atoms with Crippen molar-refractivity contribution in [3.8, 4) is 11.3 Å². The molecule has 102 valence electrons. The largest absolute Gasteiger partial charge is 0.318 e. The van der Waals surface area contributed by atoms with E-state index >= 15 is 0 Å². The van der Waals surface area contributed by atoms with Crippen molar-refractivity contribution in [1.82, 2.24) is 10.2 Å². The summed E-state index contributed by atoms with van der Waals surface area (Å²) in [5.74, 6) is 1.61. The molecule has 0 radical (unpaired) electrons. The van der Waals surface area contributed by atoms with E-state index in [1.54, 1.807) is 0 Å². The third-order valence-electron chi connectivity index (χ3n) is 3.84. The Labute approximate surface area is 122 Å². The lowest BCUT2D eigenvalue weighted by Gasteiger charge is -1.96. The predicted molar refractivity (Wildman–Crippen MR) is 82.4 cm³/mol. The number of nitrogens with zero attached hydrogens (tertiary/aromatic N) is 2. The molecule has 4 rings (SSSR count). The van der Waals surface area contributed by atoms with Crippen molar-refractivity contribution >= 4 is 11.7 Å². The Morgan fingerprint density at radius 1 is 1.00 bits per heavy atom. The first kappa shape index (κ1) is 11.9. The van der Waals surface area contributed by atoms with Crippen LogP contribution in [0.3, 0.4) is 0 Å². The maximum absolute atomic E-state index is 6.26. The Kier molecular flexibility index (Phi) is 2.60. The number of aromatic amines is 1. The van der Waals surface area contributed by atoms with Crippen LogP contribution in [0.25, 0.3) is 11.3 Å². The fraction of sp³-hybridized carbons (Fsp3) is 0.0588. The molecule has 0 unspecified atom stereocenters. The summed E-state index contributed by atoms with van der Waals surface area (Å²) in [5, 5.41) is 7.49. The van der Waals surface area contributed by atoms with Crippen LogP contribution in [0.4, 0.5) is 5.82 Å². The Morgan fingerprint density at radius 2 is 1.76 bits per heavy atom. The quantitative estimate of drug-likeness (QED) is 0.706. The van der Waals surface area contributed by atoms with E-state index in [0.717, 1.165) is 35.0 Å². The van der Waals surface area contributed by atoms with Gasteiger partial charge in [-0.15, -0.1) is 0 Å². The zero-order valence-electron chi connectivity index (χ0n) is 11.5. The number of hydrogen-bond acceptors (Lipinski definition) is 2. The maximum Gasteiger partial charge on any atom is 0.288 e. The first-order chi connectivity index (χ1) is 10.3. The van der Waals surface area contributed by atoms with Crippen molar-refractivity contribution in [2.75, 3.05) is 0 Å². The zero-order valence-corrected chi connectivity index (χ0v) is 11.5. The first-order valence-corrected chi connectivity index (χ1v) is 6.92. The normalized spacial score (nSPS) is 13.5. The van der Waals surface area contributed by atoms with Crippen LogP contribution in [0, 0.1) is 0 Å². The number of aromatic nitrogens is 2. The van der Waals surface area contributed by atoms with Crippen molar-refractivity contribution in [2.24, 2.45) is 5.73 Å². The molecule has 3 aromatic rings. The van der Waals surface area contributed by atoms with E-state index in [2.05, 4.69) is 34.5 Å². The average molecular weight is 275 g/mol. The van der Waals surface area contributed by atoms with Gasteiger partial charge in [0.1, 0.15) is 0 Å². The highest BCUT2D eigenvalue weighted by Crippen LogP contribution is 2.25. The lowest BCUT2D eigenvalue weighted by molar-refractivity contribution is -0.457. The van der Waals surface area contributed by atoms with E-state index < -0.39 is 0 Å². The monoisotopic (exact) mass is 275 g/mol. The highest BCUT2D eigenvalue weighted by molar-refractivity contribution is 5.97. The number of benzene rings is 2. The van der Waals surface area contributed by atoms with Gasteiger partial charge in [0, 0.05) is 17.2 Å². The molecule has 3 N–H and O–H groups in total. The molecule has 2 aromatic carbocycles. The van der Waals surface area contributed by atoms with Gasteiger partial charge in [0.05, 0.1) is 17.8 Å². The van der Waals surface area contributed by atoms with Crippen molar-refractivity contribution in [2.45, 2.75) is 6.54 Å². The van der Waals surface area contributed by atoms with Crippen LogP contribution < -0.4 is 5.73 Å². The number of nitrogens with two attached hydrogens (primary N) is 1. The summed E-state index contributed by atoms with van der Waals surface area (Å²) in [4.78, 5) is 0. The van der Waals surface area contributed by atoms with Crippen LogP contribution in [0.1, 0.15) is 11.1 Å². The molecule has 1 aliphatic rings. The van der Waals surface area contributed by atoms with Crippen molar-refractivity contribution in [1.29, 1.82) is 0 Å². The van der Waals surface area contributed by atoms with E-state index in [-0.39, 0.29) is 0 Å². The minimum Gasteiger partial charge on any atom is -0.318 e. The van der Waals surface area contributed by atoms with Crippen LogP contribution in [0.5, 0.6) is 0 Å². The Balaban J connectivity index is 1.74. The van der Waals surface area contributed by atoms with E-state index in [4.69, 9.17) is 5.73 Å². The summed E-state index contributed by atoms with van der Waals surface area (Å²) in [7, 11) is 0. The molecule has 1 aromatic heterocycles. The summed E-state index contributed by atoms with van der Waals surface area (Å²) in [6.07, 6.45) is 0. The SMILES string of the molecule is NC1=[N+](c2cc(-c3ccccc3)[nH]n2)Cc2ccccc21. The second-order valence-electron chi connectivity index (χ2n) is 5.13. The van der Waals surface area contributed by atoms with Crippen molar-refractivity contribution in [3.63, 3.8) is 0 Å². The molecule has 4 nitrogen and oxygen atoms in total. The summed E-state index contributed by atoms with van der Waals surface area (Å²) in [5.41, 5.74) is 10.7. The molecule has 2 heterocycles. The molecule has 0 saturated carbocycles. The molecule has 1 aliphatic heterocycles. The summed E-state index contributed by atoms with van der Waals surface area (Å²) in [6, 6.07) is 20.4. The molecule has 0 saturated heterocycles. The van der Waals surface area contributed by atoms with Gasteiger partial charge in [-0.2, -0.15) is 0 Å². The molecular formula is C17H15N4+. The van der Waals surface area contributed by atoms with Gasteiger partial charge in [-0.25, -0.2) is 9.67 Å². The lowest BCUT2D eigenvalue weighted by atomic mass is 10.1. The fourth-order valence-electron chi connectivity index (χ4n) is 2.73. The molecule has 0 fully saturated rings. The second-order valence-corrected chi connectivity index (χ2v) is 5.13. The number of hydrogen-bond donors (Lipinski definition) is 2. The van der Waals surface area contributed by atoms with E-state index in [1.165, 1.54) is 5.56 Å². The number of amidine groups is 1. The Bertz CT molecular complexity index is 831. The van der Waals surface area contributed by atoms with Gasteiger partial charge in [-0.3, -0.25) is 0 Å². The molecule has 0 amide bonds. The van der Waals surface area contributed by atoms with Crippen LogP contribution in [0.2, 0.25) is 0 Å². The summed E-state index contributed by atoms with van der Waals surface area (Å²) < 4.78 is 2.04. The minimum absolute atomic E-state index is 0.761. The lowest BCUT2D eigenvalue weighted by Crippen LogP contribution is -2.20. The third-order valence-corrected chi connectivity index (χ3v) is 3.84. The Morgan fingerprint density at radius 3 is 2.57 bits per heavy atom. The van der Waals surface area contributed by atoms with Crippen LogP contribution in [-0.2, 0) is 6.54 Å². The number of rotatable bonds is 2. The van der Waals surface area contributed by atoms with Gasteiger partial charge in [-0.05, 0) is 11.2 Å². The molecule has 21 heavy (non-hydrogen) atoms. The second kappa shape index (κ2) is 4.59. The number of nitrogens with one attached hydrogen (secondary N) is 1. The van der Waals surface area contributed by atoms with Crippen LogP contribution >= 0.6 is 0 Å². The summed E-state index contributed by atoms with van der Waals surface area (Å²) >= 11 is 0. The van der Waals surface area contributed by atoms with Crippen LogP contribution in [-0.4, -0.2) is 20.6 Å². The fourth-order valence-corrected chi connectivity index (χ4v) is 2.73. The van der Waals surface area contributed by atoms with Crippen LogP contribution in [0.15, 0.2) is 60.7 Å². The molecule has 0 spiro atoms. The first-order valence-electron chi connectivity index (χ1n) is 6.92. The topological polar surface area (TPSA) is 57.7 Å². The predicted octanol–water partition coefficient (Wildman–Crippen LogP) is 2.64. The third kappa shape index (κ3) is 1.92. The Hall–Kier alpha value is -2.88. The average Bonchev–Trinajstić information content (AvgIpc) is 3.14. The van der Waals surface area contributed by atoms with E-state index in [1.807, 2.05) is 41.0 Å². The van der Waals surface area contributed by atoms with Gasteiger partial charge < -0.3 is 5.73 Å².